The molecule has 0 radical (unpaired) electrons. The molecule has 0 saturated heterocycles. The number of hydrogen-bond donors (Lipinski definition) is 1. The smallest absolute Gasteiger partial charge is 0.433 e. The third-order valence-electron chi connectivity index (χ3n) is 6.41. The maximum absolute atomic E-state index is 14.6. The topological polar surface area (TPSA) is 84.7 Å². The van der Waals surface area contributed by atoms with Gasteiger partial charge >= 0.3 is 6.18 Å². The van der Waals surface area contributed by atoms with E-state index in [1.165, 1.54) is 34.0 Å². The number of fused-ring (bicyclic) bond motifs is 3. The minimum Gasteiger partial charge on any atom is -0.493 e. The molecule has 0 aliphatic carbocycles. The zero-order chi connectivity index (χ0) is 25.2. The highest BCUT2D eigenvalue weighted by Gasteiger charge is 2.35. The van der Waals surface area contributed by atoms with Crippen molar-refractivity contribution >= 4 is 17.4 Å². The van der Waals surface area contributed by atoms with Crippen molar-refractivity contribution < 1.29 is 27.1 Å². The molecule has 0 fully saturated rings. The van der Waals surface area contributed by atoms with E-state index in [1.54, 1.807) is 13.1 Å². The fourth-order valence-corrected chi connectivity index (χ4v) is 4.66. The number of aromatic nitrogens is 4. The van der Waals surface area contributed by atoms with E-state index in [9.17, 15) is 22.4 Å². The van der Waals surface area contributed by atoms with Crippen LogP contribution in [0.2, 0.25) is 0 Å². The number of carbonyl (C=O) groups is 1. The number of imidazole rings is 1. The van der Waals surface area contributed by atoms with E-state index in [1.807, 2.05) is 0 Å². The van der Waals surface area contributed by atoms with Crippen LogP contribution in [0.5, 0.6) is 5.75 Å². The van der Waals surface area contributed by atoms with E-state index >= 15 is 0 Å². The van der Waals surface area contributed by atoms with Gasteiger partial charge in [-0.15, -0.1) is 0 Å². The number of nitrogens with zero attached hydrogens (tertiary/aromatic N) is 5. The summed E-state index contributed by atoms with van der Waals surface area (Å²) in [6.07, 6.45) is -1.34. The summed E-state index contributed by atoms with van der Waals surface area (Å²) >= 11 is 0. The van der Waals surface area contributed by atoms with E-state index in [0.29, 0.717) is 29.9 Å². The van der Waals surface area contributed by atoms with Gasteiger partial charge in [-0.3, -0.25) is 9.20 Å². The van der Waals surface area contributed by atoms with Crippen LogP contribution in [0.1, 0.15) is 32.9 Å². The summed E-state index contributed by atoms with van der Waals surface area (Å²) < 4.78 is 61.9. The number of amides is 1. The maximum Gasteiger partial charge on any atom is 0.433 e. The lowest BCUT2D eigenvalue weighted by molar-refractivity contribution is -0.141. The van der Waals surface area contributed by atoms with Crippen LogP contribution in [0.15, 0.2) is 36.8 Å². The molecule has 0 unspecified atom stereocenters. The van der Waals surface area contributed by atoms with Crippen molar-refractivity contribution in [3.8, 4) is 17.0 Å². The van der Waals surface area contributed by atoms with Crippen molar-refractivity contribution in [2.75, 3.05) is 19.0 Å². The molecular weight excluding hydrogens is 480 g/mol. The van der Waals surface area contributed by atoms with Crippen LogP contribution in [-0.4, -0.2) is 43.8 Å². The first kappa shape index (κ1) is 22.3. The Labute approximate surface area is 201 Å². The number of halogens is 4. The number of carbonyl (C=O) groups excluding carboxylic acids is 1. The number of hydrogen-bond acceptors (Lipinski definition) is 6. The molecule has 4 aromatic rings. The Hall–Kier alpha value is -4.22. The molecular formula is C24H18F4N6O2. The van der Waals surface area contributed by atoms with Crippen LogP contribution in [0, 0.1) is 5.82 Å². The van der Waals surface area contributed by atoms with E-state index in [2.05, 4.69) is 20.3 Å². The first-order valence-corrected chi connectivity index (χ1v) is 11.1. The van der Waals surface area contributed by atoms with Gasteiger partial charge in [0.1, 0.15) is 23.6 Å². The fraction of sp³-hybridized carbons (Fsp3) is 0.250. The molecule has 0 spiro atoms. The minimum absolute atomic E-state index is 0.0538. The average molecular weight is 498 g/mol. The largest absolute Gasteiger partial charge is 0.493 e. The summed E-state index contributed by atoms with van der Waals surface area (Å²) in [4.78, 5) is 27.0. The first-order chi connectivity index (χ1) is 17.2. The number of rotatable bonds is 3. The molecule has 1 N–H and O–H groups in total. The summed E-state index contributed by atoms with van der Waals surface area (Å²) in [5, 5.41) is 3.08. The lowest BCUT2D eigenvalue weighted by Gasteiger charge is -2.23. The van der Waals surface area contributed by atoms with Crippen molar-refractivity contribution in [3.05, 3.63) is 70.7 Å². The van der Waals surface area contributed by atoms with Crippen LogP contribution < -0.4 is 10.1 Å². The molecule has 3 aromatic heterocycles. The van der Waals surface area contributed by atoms with Gasteiger partial charge in [0.2, 0.25) is 5.95 Å². The van der Waals surface area contributed by atoms with Crippen molar-refractivity contribution in [3.63, 3.8) is 0 Å². The van der Waals surface area contributed by atoms with Gasteiger partial charge in [0, 0.05) is 49.4 Å². The average Bonchev–Trinajstić information content (AvgIpc) is 3.49. The van der Waals surface area contributed by atoms with E-state index < -0.39 is 23.6 Å². The summed E-state index contributed by atoms with van der Waals surface area (Å²) in [6, 6.07) is 5.14. The van der Waals surface area contributed by atoms with Gasteiger partial charge < -0.3 is 15.0 Å². The number of nitrogens with one attached hydrogen (secondary N) is 1. The highest BCUT2D eigenvalue weighted by Crippen LogP contribution is 2.36. The fourth-order valence-electron chi connectivity index (χ4n) is 4.66. The summed E-state index contributed by atoms with van der Waals surface area (Å²) in [5.74, 6) is 0.0823. The number of benzene rings is 1. The predicted octanol–water partition coefficient (Wildman–Crippen LogP) is 4.08. The SMILES string of the molecule is CN1Cc2ccc(C(F)(F)F)nc2-c2cnc(NCc3c(F)ccc4c3CCO4)n3cnc(c23)C1=O. The number of ether oxygens (including phenoxy) is 1. The molecule has 6 rings (SSSR count). The molecule has 12 heteroatoms. The second-order valence-electron chi connectivity index (χ2n) is 8.63. The van der Waals surface area contributed by atoms with Crippen LogP contribution in [0.4, 0.5) is 23.5 Å². The summed E-state index contributed by atoms with van der Waals surface area (Å²) in [6.45, 7) is 0.599. The Morgan fingerprint density at radius 3 is 2.78 bits per heavy atom. The third kappa shape index (κ3) is 3.43. The quantitative estimate of drug-likeness (QED) is 0.429. The Kier molecular flexibility index (Phi) is 4.88. The van der Waals surface area contributed by atoms with Gasteiger partial charge in [-0.1, -0.05) is 6.07 Å². The molecule has 1 amide bonds. The number of pyridine rings is 1. The normalized spacial score (nSPS) is 14.8. The second kappa shape index (κ2) is 7.90. The van der Waals surface area contributed by atoms with Crippen LogP contribution in [0.25, 0.3) is 16.8 Å². The van der Waals surface area contributed by atoms with E-state index in [0.717, 1.165) is 11.6 Å². The van der Waals surface area contributed by atoms with Crippen LogP contribution in [-0.2, 0) is 25.7 Å². The lowest BCUT2D eigenvalue weighted by Crippen LogP contribution is -2.28. The number of anilines is 1. The van der Waals surface area contributed by atoms with Gasteiger partial charge in [-0.25, -0.2) is 19.3 Å². The second-order valence-corrected chi connectivity index (χ2v) is 8.63. The molecule has 36 heavy (non-hydrogen) atoms. The predicted molar refractivity (Wildman–Crippen MR) is 120 cm³/mol. The Balaban J connectivity index is 1.48. The third-order valence-corrected chi connectivity index (χ3v) is 6.41. The highest BCUT2D eigenvalue weighted by atomic mass is 19.4. The highest BCUT2D eigenvalue weighted by molar-refractivity contribution is 6.04. The zero-order valence-corrected chi connectivity index (χ0v) is 18.9. The molecule has 0 saturated carbocycles. The van der Waals surface area contributed by atoms with Gasteiger partial charge in [0.15, 0.2) is 5.69 Å². The number of alkyl halides is 3. The molecule has 0 bridgehead atoms. The molecule has 2 aliphatic heterocycles. The lowest BCUT2D eigenvalue weighted by atomic mass is 10.0. The summed E-state index contributed by atoms with van der Waals surface area (Å²) in [7, 11) is 1.54. The van der Waals surface area contributed by atoms with Crippen molar-refractivity contribution in [2.45, 2.75) is 25.7 Å². The molecule has 5 heterocycles. The van der Waals surface area contributed by atoms with Crippen molar-refractivity contribution in [2.24, 2.45) is 0 Å². The minimum atomic E-state index is -4.64. The van der Waals surface area contributed by atoms with Gasteiger partial charge in [-0.05, 0) is 23.8 Å². The maximum atomic E-state index is 14.6. The monoisotopic (exact) mass is 498 g/mol. The van der Waals surface area contributed by atoms with Gasteiger partial charge in [0.25, 0.3) is 5.91 Å². The molecule has 2 aliphatic rings. The van der Waals surface area contributed by atoms with Crippen LogP contribution in [0.3, 0.4) is 0 Å². The Bertz CT molecular complexity index is 1550. The Morgan fingerprint density at radius 2 is 1.97 bits per heavy atom. The van der Waals surface area contributed by atoms with E-state index in [-0.39, 0.29) is 41.5 Å². The van der Waals surface area contributed by atoms with E-state index in [4.69, 9.17) is 4.74 Å². The van der Waals surface area contributed by atoms with Gasteiger partial charge in [0.05, 0.1) is 17.8 Å². The standard InChI is InChI=1S/C24H18F4N6O2/c1-33-10-12-2-5-18(24(26,27)28)32-19(12)15-9-30-23(34-11-31-20(21(15)34)22(33)35)29-8-14-13-6-7-36-17(13)4-3-16(14)25/h2-5,9,11H,6-8,10H2,1H3,(H,29,30). The molecule has 184 valence electrons. The van der Waals surface area contributed by atoms with Crippen molar-refractivity contribution in [1.29, 1.82) is 0 Å². The van der Waals surface area contributed by atoms with Crippen LogP contribution >= 0.6 is 0 Å². The molecule has 0 atom stereocenters. The molecule has 1 aromatic carbocycles. The summed E-state index contributed by atoms with van der Waals surface area (Å²) in [5.41, 5.74) is 1.23. The Morgan fingerprint density at radius 1 is 1.14 bits per heavy atom. The molecule has 8 nitrogen and oxygen atoms in total. The van der Waals surface area contributed by atoms with Gasteiger partial charge in [-0.2, -0.15) is 13.2 Å². The van der Waals surface area contributed by atoms with Crippen molar-refractivity contribution in [1.82, 2.24) is 24.3 Å². The first-order valence-electron chi connectivity index (χ1n) is 11.1. The zero-order valence-electron chi connectivity index (χ0n) is 18.9.